The van der Waals surface area contributed by atoms with E-state index in [-0.39, 0.29) is 0 Å². The van der Waals surface area contributed by atoms with Gasteiger partial charge in [-0.1, -0.05) is 30.3 Å². The maximum absolute atomic E-state index is 5.33. The lowest BCUT2D eigenvalue weighted by atomic mass is 10.1. The summed E-state index contributed by atoms with van der Waals surface area (Å²) in [4.78, 5) is 2.42. The Labute approximate surface area is 124 Å². The first kappa shape index (κ1) is 17.2. The van der Waals surface area contributed by atoms with Gasteiger partial charge in [-0.05, 0) is 45.8 Å². The second-order valence-electron chi connectivity index (χ2n) is 5.32. The van der Waals surface area contributed by atoms with Crippen LogP contribution in [-0.4, -0.2) is 50.8 Å². The smallest absolute Gasteiger partial charge is 0.0477 e. The van der Waals surface area contributed by atoms with Crippen molar-refractivity contribution < 1.29 is 4.74 Å². The van der Waals surface area contributed by atoms with Crippen LogP contribution in [0.2, 0.25) is 0 Å². The van der Waals surface area contributed by atoms with Gasteiger partial charge in [0.1, 0.15) is 0 Å². The molecule has 1 rings (SSSR count). The van der Waals surface area contributed by atoms with Crippen LogP contribution in [0.1, 0.15) is 25.8 Å². The summed E-state index contributed by atoms with van der Waals surface area (Å²) < 4.78 is 5.33. The highest BCUT2D eigenvalue weighted by Gasteiger charge is 2.08. The van der Waals surface area contributed by atoms with Gasteiger partial charge in [-0.2, -0.15) is 0 Å². The molecule has 0 aliphatic carbocycles. The van der Waals surface area contributed by atoms with Crippen molar-refractivity contribution in [1.82, 2.24) is 10.2 Å². The molecule has 0 amide bonds. The Bertz CT molecular complexity index is 329. The Balaban J connectivity index is 2.08. The van der Waals surface area contributed by atoms with Crippen molar-refractivity contribution in [2.24, 2.45) is 0 Å². The highest BCUT2D eigenvalue weighted by atomic mass is 16.5. The molecule has 0 spiro atoms. The fraction of sp³-hybridized carbons (Fsp3) is 0.647. The first-order valence-corrected chi connectivity index (χ1v) is 7.76. The summed E-state index contributed by atoms with van der Waals surface area (Å²) in [6.45, 7) is 9.18. The molecule has 0 bridgehead atoms. The Morgan fingerprint density at radius 1 is 1.25 bits per heavy atom. The van der Waals surface area contributed by atoms with Crippen molar-refractivity contribution in [3.8, 4) is 0 Å². The van der Waals surface area contributed by atoms with Crippen molar-refractivity contribution in [3.05, 3.63) is 35.9 Å². The number of nitrogens with zero attached hydrogens (tertiary/aromatic N) is 1. The summed E-state index contributed by atoms with van der Waals surface area (Å²) in [6, 6.07) is 11.2. The van der Waals surface area contributed by atoms with Gasteiger partial charge >= 0.3 is 0 Å². The van der Waals surface area contributed by atoms with Crippen molar-refractivity contribution in [1.29, 1.82) is 0 Å². The van der Waals surface area contributed by atoms with Gasteiger partial charge in [0, 0.05) is 32.3 Å². The van der Waals surface area contributed by atoms with Gasteiger partial charge in [-0.15, -0.1) is 0 Å². The molecule has 1 N–H and O–H groups in total. The summed E-state index contributed by atoms with van der Waals surface area (Å²) in [5, 5.41) is 3.50. The summed E-state index contributed by atoms with van der Waals surface area (Å²) in [7, 11) is 2.20. The lowest BCUT2D eigenvalue weighted by Gasteiger charge is -2.25. The molecular weight excluding hydrogens is 248 g/mol. The van der Waals surface area contributed by atoms with E-state index in [9.17, 15) is 0 Å². The molecule has 20 heavy (non-hydrogen) atoms. The van der Waals surface area contributed by atoms with Crippen molar-refractivity contribution in [3.63, 3.8) is 0 Å². The molecule has 1 aromatic carbocycles. The molecule has 3 nitrogen and oxygen atoms in total. The van der Waals surface area contributed by atoms with Gasteiger partial charge in [0.15, 0.2) is 0 Å². The lowest BCUT2D eigenvalue weighted by Crippen LogP contribution is -2.39. The third kappa shape index (κ3) is 7.63. The molecule has 114 valence electrons. The molecule has 0 fully saturated rings. The third-order valence-electron chi connectivity index (χ3n) is 3.63. The van der Waals surface area contributed by atoms with Crippen LogP contribution in [0, 0.1) is 0 Å². The standard InChI is InChI=1S/C17H30N2O/c1-4-20-14-8-12-18-15-16(2)19(3)13-11-17-9-6-5-7-10-17/h5-7,9-10,16,18H,4,8,11-15H2,1-3H3. The molecule has 0 saturated carbocycles. The average molecular weight is 278 g/mol. The Morgan fingerprint density at radius 2 is 2.00 bits per heavy atom. The summed E-state index contributed by atoms with van der Waals surface area (Å²) >= 11 is 0. The Kier molecular flexibility index (Phi) is 9.29. The second-order valence-corrected chi connectivity index (χ2v) is 5.32. The molecule has 1 aromatic rings. The largest absolute Gasteiger partial charge is 0.382 e. The molecule has 1 atom stereocenters. The van der Waals surface area contributed by atoms with E-state index in [1.807, 2.05) is 6.92 Å². The third-order valence-corrected chi connectivity index (χ3v) is 3.63. The van der Waals surface area contributed by atoms with E-state index in [2.05, 4.69) is 54.5 Å². The maximum Gasteiger partial charge on any atom is 0.0477 e. The van der Waals surface area contributed by atoms with E-state index in [0.717, 1.165) is 45.7 Å². The molecule has 0 aromatic heterocycles. The fourth-order valence-electron chi connectivity index (χ4n) is 2.08. The zero-order chi connectivity index (χ0) is 14.6. The van der Waals surface area contributed by atoms with E-state index in [1.54, 1.807) is 0 Å². The topological polar surface area (TPSA) is 24.5 Å². The summed E-state index contributed by atoms with van der Waals surface area (Å²) in [5.74, 6) is 0. The van der Waals surface area contributed by atoms with E-state index in [4.69, 9.17) is 4.74 Å². The number of hydrogen-bond donors (Lipinski definition) is 1. The van der Waals surface area contributed by atoms with E-state index in [0.29, 0.717) is 6.04 Å². The van der Waals surface area contributed by atoms with Crippen molar-refractivity contribution in [2.75, 3.05) is 39.9 Å². The minimum atomic E-state index is 0.561. The molecule has 0 aliphatic rings. The highest BCUT2D eigenvalue weighted by molar-refractivity contribution is 5.14. The zero-order valence-corrected chi connectivity index (χ0v) is 13.3. The summed E-state index contributed by atoms with van der Waals surface area (Å²) in [5.41, 5.74) is 1.41. The quantitative estimate of drug-likeness (QED) is 0.630. The molecule has 3 heteroatoms. The number of rotatable bonds is 11. The van der Waals surface area contributed by atoms with Crippen LogP contribution in [-0.2, 0) is 11.2 Å². The second kappa shape index (κ2) is 10.8. The lowest BCUT2D eigenvalue weighted by molar-refractivity contribution is 0.144. The van der Waals surface area contributed by atoms with Crippen LogP contribution >= 0.6 is 0 Å². The Hall–Kier alpha value is -0.900. The minimum Gasteiger partial charge on any atom is -0.382 e. The van der Waals surface area contributed by atoms with Crippen molar-refractivity contribution >= 4 is 0 Å². The molecule has 0 aliphatic heterocycles. The molecule has 0 radical (unpaired) electrons. The minimum absolute atomic E-state index is 0.561. The van der Waals surface area contributed by atoms with Crippen LogP contribution in [0.15, 0.2) is 30.3 Å². The van der Waals surface area contributed by atoms with Gasteiger partial charge < -0.3 is 15.0 Å². The Morgan fingerprint density at radius 3 is 2.70 bits per heavy atom. The number of benzene rings is 1. The van der Waals surface area contributed by atoms with Gasteiger partial charge in [-0.3, -0.25) is 0 Å². The molecule has 0 saturated heterocycles. The first-order valence-electron chi connectivity index (χ1n) is 7.76. The van der Waals surface area contributed by atoms with E-state index in [1.165, 1.54) is 5.56 Å². The molecular formula is C17H30N2O. The first-order chi connectivity index (χ1) is 9.74. The highest BCUT2D eigenvalue weighted by Crippen LogP contribution is 2.02. The van der Waals surface area contributed by atoms with Crippen LogP contribution in [0.3, 0.4) is 0 Å². The number of hydrogen-bond acceptors (Lipinski definition) is 3. The maximum atomic E-state index is 5.33. The normalized spacial score (nSPS) is 12.8. The van der Waals surface area contributed by atoms with Crippen LogP contribution in [0.5, 0.6) is 0 Å². The van der Waals surface area contributed by atoms with Crippen LogP contribution in [0.4, 0.5) is 0 Å². The van der Waals surface area contributed by atoms with E-state index >= 15 is 0 Å². The zero-order valence-electron chi connectivity index (χ0n) is 13.3. The fourth-order valence-corrected chi connectivity index (χ4v) is 2.08. The van der Waals surface area contributed by atoms with Gasteiger partial charge in [0.25, 0.3) is 0 Å². The molecule has 0 heterocycles. The number of likely N-dealkylation sites (N-methyl/N-ethyl adjacent to an activating group) is 1. The van der Waals surface area contributed by atoms with Gasteiger partial charge in [0.05, 0.1) is 0 Å². The van der Waals surface area contributed by atoms with Crippen LogP contribution in [0.25, 0.3) is 0 Å². The predicted molar refractivity (Wildman–Crippen MR) is 86.2 cm³/mol. The monoisotopic (exact) mass is 278 g/mol. The average Bonchev–Trinajstić information content (AvgIpc) is 2.49. The van der Waals surface area contributed by atoms with Gasteiger partial charge in [0.2, 0.25) is 0 Å². The number of ether oxygens (including phenoxy) is 1. The van der Waals surface area contributed by atoms with Gasteiger partial charge in [-0.25, -0.2) is 0 Å². The molecule has 1 unspecified atom stereocenters. The van der Waals surface area contributed by atoms with Crippen molar-refractivity contribution in [2.45, 2.75) is 32.7 Å². The predicted octanol–water partition coefficient (Wildman–Crippen LogP) is 2.57. The number of nitrogens with one attached hydrogen (secondary N) is 1. The van der Waals surface area contributed by atoms with E-state index < -0.39 is 0 Å². The SMILES string of the molecule is CCOCCCNCC(C)N(C)CCc1ccccc1. The van der Waals surface area contributed by atoms with Crippen LogP contribution < -0.4 is 5.32 Å². The summed E-state index contributed by atoms with van der Waals surface area (Å²) in [6.07, 6.45) is 2.21.